The number of halogens is 2. The number of amides is 1. The smallest absolute Gasteiger partial charge is 0.291 e. The lowest BCUT2D eigenvalue weighted by molar-refractivity contribution is 0.0995. The van der Waals surface area contributed by atoms with Crippen molar-refractivity contribution in [2.45, 2.75) is 6.92 Å². The van der Waals surface area contributed by atoms with Crippen LogP contribution in [0.2, 0.25) is 0 Å². The zero-order valence-corrected chi connectivity index (χ0v) is 12.1. The predicted molar refractivity (Wildman–Crippen MR) is 73.2 cm³/mol. The Balaban J connectivity index is 2.18. The quantitative estimate of drug-likeness (QED) is 0.866. The summed E-state index contributed by atoms with van der Waals surface area (Å²) in [4.78, 5) is 11.8. The van der Waals surface area contributed by atoms with E-state index < -0.39 is 0 Å². The zero-order chi connectivity index (χ0) is 12.4. The number of furan rings is 1. The van der Waals surface area contributed by atoms with Gasteiger partial charge in [-0.1, -0.05) is 15.9 Å². The molecule has 0 unspecified atom stereocenters. The monoisotopic (exact) mass is 357 g/mol. The highest BCUT2D eigenvalue weighted by Crippen LogP contribution is 2.26. The van der Waals surface area contributed by atoms with Crippen LogP contribution in [0.4, 0.5) is 5.69 Å². The van der Waals surface area contributed by atoms with Crippen LogP contribution in [0.3, 0.4) is 0 Å². The number of rotatable bonds is 2. The van der Waals surface area contributed by atoms with Gasteiger partial charge in [0.05, 0.1) is 5.69 Å². The summed E-state index contributed by atoms with van der Waals surface area (Å²) in [5.74, 6) is 0.753. The summed E-state index contributed by atoms with van der Waals surface area (Å²) < 4.78 is 6.99. The maximum absolute atomic E-state index is 11.8. The fraction of sp³-hybridized carbons (Fsp3) is 0.0833. The molecule has 0 aliphatic carbocycles. The van der Waals surface area contributed by atoms with E-state index in [1.807, 2.05) is 18.2 Å². The average molecular weight is 359 g/mol. The minimum Gasteiger partial charge on any atom is -0.456 e. The Morgan fingerprint density at radius 3 is 2.59 bits per heavy atom. The van der Waals surface area contributed by atoms with Crippen molar-refractivity contribution in [3.05, 3.63) is 50.8 Å². The van der Waals surface area contributed by atoms with Gasteiger partial charge in [-0.2, -0.15) is 0 Å². The van der Waals surface area contributed by atoms with E-state index in [-0.39, 0.29) is 5.91 Å². The van der Waals surface area contributed by atoms with E-state index in [2.05, 4.69) is 37.2 Å². The highest BCUT2D eigenvalue weighted by Gasteiger charge is 2.11. The van der Waals surface area contributed by atoms with Gasteiger partial charge in [0.25, 0.3) is 5.91 Å². The van der Waals surface area contributed by atoms with Crippen LogP contribution in [0.5, 0.6) is 0 Å². The van der Waals surface area contributed by atoms with Gasteiger partial charge in [-0.15, -0.1) is 0 Å². The largest absolute Gasteiger partial charge is 0.456 e. The summed E-state index contributed by atoms with van der Waals surface area (Å²) in [5, 5.41) is 2.77. The molecule has 17 heavy (non-hydrogen) atoms. The van der Waals surface area contributed by atoms with Crippen molar-refractivity contribution < 1.29 is 9.21 Å². The number of nitrogens with one attached hydrogen (secondary N) is 1. The van der Waals surface area contributed by atoms with Gasteiger partial charge in [0, 0.05) is 8.95 Å². The van der Waals surface area contributed by atoms with Crippen LogP contribution < -0.4 is 5.32 Å². The maximum atomic E-state index is 11.8. The molecule has 1 N–H and O–H groups in total. The molecular formula is C12H9Br2NO2. The average Bonchev–Trinajstić information content (AvgIpc) is 2.69. The molecule has 1 aromatic carbocycles. The standard InChI is InChI=1S/C12H9Br2NO2/c1-7-2-5-11(17-7)12(16)15-10-4-3-8(13)6-9(10)14/h2-6H,1H3,(H,15,16). The van der Waals surface area contributed by atoms with Crippen LogP contribution in [0, 0.1) is 6.92 Å². The molecule has 0 saturated heterocycles. The van der Waals surface area contributed by atoms with Crippen LogP contribution in [-0.2, 0) is 0 Å². The van der Waals surface area contributed by atoms with Crippen molar-refractivity contribution in [2.75, 3.05) is 5.32 Å². The normalized spacial score (nSPS) is 10.3. The number of carbonyl (C=O) groups is 1. The molecule has 0 saturated carbocycles. The first-order valence-electron chi connectivity index (χ1n) is 4.89. The van der Waals surface area contributed by atoms with Crippen molar-refractivity contribution in [2.24, 2.45) is 0 Å². The lowest BCUT2D eigenvalue weighted by Crippen LogP contribution is -2.11. The SMILES string of the molecule is Cc1ccc(C(=O)Nc2ccc(Br)cc2Br)o1. The van der Waals surface area contributed by atoms with Crippen LogP contribution in [0.1, 0.15) is 16.3 Å². The van der Waals surface area contributed by atoms with Gasteiger partial charge < -0.3 is 9.73 Å². The molecule has 0 radical (unpaired) electrons. The molecule has 0 aliphatic heterocycles. The van der Waals surface area contributed by atoms with Gasteiger partial charge >= 0.3 is 0 Å². The minimum absolute atomic E-state index is 0.263. The topological polar surface area (TPSA) is 42.2 Å². The van der Waals surface area contributed by atoms with E-state index in [0.29, 0.717) is 17.2 Å². The highest BCUT2D eigenvalue weighted by atomic mass is 79.9. The van der Waals surface area contributed by atoms with E-state index in [1.54, 1.807) is 19.1 Å². The fourth-order valence-corrected chi connectivity index (χ4v) is 2.48. The van der Waals surface area contributed by atoms with Gasteiger partial charge in [0.15, 0.2) is 5.76 Å². The third-order valence-electron chi connectivity index (χ3n) is 2.14. The molecule has 5 heteroatoms. The Morgan fingerprint density at radius 2 is 2.00 bits per heavy atom. The fourth-order valence-electron chi connectivity index (χ4n) is 1.33. The molecule has 2 aromatic rings. The lowest BCUT2D eigenvalue weighted by Gasteiger charge is -2.05. The molecule has 1 aromatic heterocycles. The molecule has 88 valence electrons. The molecule has 0 atom stereocenters. The van der Waals surface area contributed by atoms with Crippen molar-refractivity contribution in [3.8, 4) is 0 Å². The molecule has 0 bridgehead atoms. The third kappa shape index (κ3) is 2.98. The number of carbonyl (C=O) groups excluding carboxylic acids is 1. The second-order valence-electron chi connectivity index (χ2n) is 3.49. The Bertz CT molecular complexity index is 563. The second-order valence-corrected chi connectivity index (χ2v) is 5.26. The molecular weight excluding hydrogens is 350 g/mol. The lowest BCUT2D eigenvalue weighted by atomic mass is 10.3. The summed E-state index contributed by atoms with van der Waals surface area (Å²) >= 11 is 6.73. The summed E-state index contributed by atoms with van der Waals surface area (Å²) in [6.07, 6.45) is 0. The number of benzene rings is 1. The first-order chi connectivity index (χ1) is 8.06. The van der Waals surface area contributed by atoms with Crippen molar-refractivity contribution in [3.63, 3.8) is 0 Å². The summed E-state index contributed by atoms with van der Waals surface area (Å²) in [5.41, 5.74) is 0.701. The van der Waals surface area contributed by atoms with Gasteiger partial charge in [-0.25, -0.2) is 0 Å². The van der Waals surface area contributed by atoms with Crippen molar-refractivity contribution in [1.29, 1.82) is 0 Å². The van der Waals surface area contributed by atoms with Crippen LogP contribution in [0.15, 0.2) is 43.7 Å². The van der Waals surface area contributed by atoms with Crippen molar-refractivity contribution in [1.82, 2.24) is 0 Å². The van der Waals surface area contributed by atoms with Crippen LogP contribution in [-0.4, -0.2) is 5.91 Å². The molecule has 0 fully saturated rings. The summed E-state index contributed by atoms with van der Waals surface area (Å²) in [6.45, 7) is 1.80. The van der Waals surface area contributed by atoms with E-state index in [1.165, 1.54) is 0 Å². The van der Waals surface area contributed by atoms with Gasteiger partial charge in [0.1, 0.15) is 5.76 Å². The molecule has 0 spiro atoms. The molecule has 2 rings (SSSR count). The first kappa shape index (κ1) is 12.4. The predicted octanol–water partition coefficient (Wildman–Crippen LogP) is 4.37. The van der Waals surface area contributed by atoms with E-state index in [4.69, 9.17) is 4.42 Å². The number of aryl methyl sites for hydroxylation is 1. The van der Waals surface area contributed by atoms with E-state index in [9.17, 15) is 4.79 Å². The maximum Gasteiger partial charge on any atom is 0.291 e. The third-order valence-corrected chi connectivity index (χ3v) is 3.29. The summed E-state index contributed by atoms with van der Waals surface area (Å²) in [7, 11) is 0. The van der Waals surface area contributed by atoms with E-state index in [0.717, 1.165) is 8.95 Å². The second kappa shape index (κ2) is 5.06. The zero-order valence-electron chi connectivity index (χ0n) is 8.96. The number of hydrogen-bond acceptors (Lipinski definition) is 2. The van der Waals surface area contributed by atoms with Crippen molar-refractivity contribution >= 4 is 43.5 Å². The Morgan fingerprint density at radius 1 is 1.24 bits per heavy atom. The molecule has 3 nitrogen and oxygen atoms in total. The van der Waals surface area contributed by atoms with Crippen LogP contribution in [0.25, 0.3) is 0 Å². The van der Waals surface area contributed by atoms with Gasteiger partial charge in [-0.05, 0) is 53.2 Å². The minimum atomic E-state index is -0.263. The van der Waals surface area contributed by atoms with Gasteiger partial charge in [0.2, 0.25) is 0 Å². The molecule has 1 amide bonds. The Labute approximate surface area is 115 Å². The van der Waals surface area contributed by atoms with Gasteiger partial charge in [-0.3, -0.25) is 4.79 Å². The molecule has 0 aliphatic rings. The summed E-state index contributed by atoms with van der Waals surface area (Å²) in [6, 6.07) is 8.93. The van der Waals surface area contributed by atoms with E-state index >= 15 is 0 Å². The number of hydrogen-bond donors (Lipinski definition) is 1. The van der Waals surface area contributed by atoms with Crippen LogP contribution >= 0.6 is 31.9 Å². The molecule has 1 heterocycles. The highest BCUT2D eigenvalue weighted by molar-refractivity contribution is 9.11. The Hall–Kier alpha value is -1.07. The number of anilines is 1. The Kier molecular flexibility index (Phi) is 3.69. The first-order valence-corrected chi connectivity index (χ1v) is 6.48.